The average molecular weight is 219 g/mol. The largest absolute Gasteiger partial charge is 0.326 e. The molecule has 2 aromatic rings. The van der Waals surface area contributed by atoms with Crippen LogP contribution in [0.25, 0.3) is 11.1 Å². The highest BCUT2D eigenvalue weighted by Gasteiger charge is 2.06. The van der Waals surface area contributed by atoms with Crippen LogP contribution >= 0.6 is 0 Å². The zero-order valence-corrected chi connectivity index (χ0v) is 8.58. The molecule has 0 atom stereocenters. The van der Waals surface area contributed by atoms with Crippen LogP contribution in [0.15, 0.2) is 42.5 Å². The molecule has 0 aliphatic carbocycles. The molecule has 1 nitrogen and oxygen atoms in total. The SMILES string of the molecule is NCc1ccc(-c2cc(F)ccc2F)cc1. The van der Waals surface area contributed by atoms with E-state index in [0.717, 1.165) is 17.7 Å². The van der Waals surface area contributed by atoms with Gasteiger partial charge in [0.2, 0.25) is 0 Å². The highest BCUT2D eigenvalue weighted by Crippen LogP contribution is 2.23. The molecule has 2 aromatic carbocycles. The van der Waals surface area contributed by atoms with Gasteiger partial charge in [0.25, 0.3) is 0 Å². The second-order valence-electron chi connectivity index (χ2n) is 3.53. The number of nitrogens with two attached hydrogens (primary N) is 1. The molecule has 0 aromatic heterocycles. The Morgan fingerprint density at radius 3 is 2.25 bits per heavy atom. The van der Waals surface area contributed by atoms with E-state index in [2.05, 4.69) is 0 Å². The molecule has 2 rings (SSSR count). The summed E-state index contributed by atoms with van der Waals surface area (Å²) in [5.41, 5.74) is 7.33. The van der Waals surface area contributed by atoms with Crippen molar-refractivity contribution in [1.29, 1.82) is 0 Å². The van der Waals surface area contributed by atoms with Crippen LogP contribution in [0.4, 0.5) is 8.78 Å². The summed E-state index contributed by atoms with van der Waals surface area (Å²) in [6.45, 7) is 0.436. The third kappa shape index (κ3) is 2.09. The Bertz CT molecular complexity index is 492. The van der Waals surface area contributed by atoms with E-state index in [1.165, 1.54) is 6.07 Å². The minimum Gasteiger partial charge on any atom is -0.326 e. The van der Waals surface area contributed by atoms with Crippen LogP contribution in [0.2, 0.25) is 0 Å². The van der Waals surface area contributed by atoms with Crippen LogP contribution in [0, 0.1) is 11.6 Å². The predicted molar refractivity (Wildman–Crippen MR) is 59.7 cm³/mol. The first-order chi connectivity index (χ1) is 7.70. The molecule has 3 heteroatoms. The molecule has 0 saturated carbocycles. The fraction of sp³-hybridized carbons (Fsp3) is 0.0769. The van der Waals surface area contributed by atoms with Crippen LogP contribution in [-0.4, -0.2) is 0 Å². The van der Waals surface area contributed by atoms with E-state index in [9.17, 15) is 8.78 Å². The van der Waals surface area contributed by atoms with Gasteiger partial charge in [0.1, 0.15) is 11.6 Å². The molecule has 16 heavy (non-hydrogen) atoms. The monoisotopic (exact) mass is 219 g/mol. The fourth-order valence-corrected chi connectivity index (χ4v) is 1.54. The van der Waals surface area contributed by atoms with Crippen LogP contribution in [0.3, 0.4) is 0 Å². The van der Waals surface area contributed by atoms with Gasteiger partial charge in [-0.05, 0) is 29.3 Å². The standard InChI is InChI=1S/C13H11F2N/c14-11-5-6-13(15)12(7-11)10-3-1-9(8-16)2-4-10/h1-7H,8,16H2. The van der Waals surface area contributed by atoms with E-state index in [0.29, 0.717) is 12.1 Å². The lowest BCUT2D eigenvalue weighted by molar-refractivity contribution is 0.603. The third-order valence-electron chi connectivity index (χ3n) is 2.43. The molecule has 0 aliphatic heterocycles. The molecule has 0 fully saturated rings. The summed E-state index contributed by atoms with van der Waals surface area (Å²) in [7, 11) is 0. The molecule has 0 bridgehead atoms. The number of hydrogen-bond acceptors (Lipinski definition) is 1. The molecule has 0 amide bonds. The van der Waals surface area contributed by atoms with E-state index in [1.807, 2.05) is 0 Å². The van der Waals surface area contributed by atoms with Crippen molar-refractivity contribution >= 4 is 0 Å². The molecular weight excluding hydrogens is 208 g/mol. The minimum atomic E-state index is -0.445. The van der Waals surface area contributed by atoms with Crippen LogP contribution in [0.5, 0.6) is 0 Å². The van der Waals surface area contributed by atoms with E-state index >= 15 is 0 Å². The Balaban J connectivity index is 2.45. The van der Waals surface area contributed by atoms with Crippen LogP contribution in [0.1, 0.15) is 5.56 Å². The van der Waals surface area contributed by atoms with Crippen LogP contribution < -0.4 is 5.73 Å². The lowest BCUT2D eigenvalue weighted by atomic mass is 10.0. The first-order valence-electron chi connectivity index (χ1n) is 4.95. The molecule has 0 unspecified atom stereocenters. The second-order valence-corrected chi connectivity index (χ2v) is 3.53. The van der Waals surface area contributed by atoms with Gasteiger partial charge in [-0.1, -0.05) is 24.3 Å². The maximum Gasteiger partial charge on any atom is 0.131 e. The predicted octanol–water partition coefficient (Wildman–Crippen LogP) is 3.09. The minimum absolute atomic E-state index is 0.267. The van der Waals surface area contributed by atoms with E-state index in [1.54, 1.807) is 24.3 Å². The maximum absolute atomic E-state index is 13.4. The molecule has 0 spiro atoms. The Hall–Kier alpha value is -1.74. The van der Waals surface area contributed by atoms with Gasteiger partial charge in [0.15, 0.2) is 0 Å². The third-order valence-corrected chi connectivity index (χ3v) is 2.43. The Labute approximate surface area is 92.5 Å². The lowest BCUT2D eigenvalue weighted by Crippen LogP contribution is -1.95. The van der Waals surface area contributed by atoms with Crippen molar-refractivity contribution < 1.29 is 8.78 Å². The van der Waals surface area contributed by atoms with Crippen molar-refractivity contribution in [3.63, 3.8) is 0 Å². The summed E-state index contributed by atoms with van der Waals surface area (Å²) in [4.78, 5) is 0. The summed E-state index contributed by atoms with van der Waals surface area (Å²) in [6, 6.07) is 10.5. The molecule has 0 saturated heterocycles. The van der Waals surface area contributed by atoms with Crippen molar-refractivity contribution in [2.45, 2.75) is 6.54 Å². The zero-order valence-electron chi connectivity index (χ0n) is 8.58. The Morgan fingerprint density at radius 2 is 1.62 bits per heavy atom. The highest BCUT2D eigenvalue weighted by atomic mass is 19.1. The number of hydrogen-bond donors (Lipinski definition) is 1. The molecular formula is C13H11F2N. The molecule has 0 aliphatic rings. The summed E-state index contributed by atoms with van der Waals surface area (Å²) in [5, 5.41) is 0. The number of rotatable bonds is 2. The molecule has 2 N–H and O–H groups in total. The summed E-state index contributed by atoms with van der Waals surface area (Å²) in [6.07, 6.45) is 0. The molecule has 0 heterocycles. The van der Waals surface area contributed by atoms with Crippen LogP contribution in [-0.2, 0) is 6.54 Å². The first kappa shape index (κ1) is 10.8. The summed E-state index contributed by atoms with van der Waals surface area (Å²) >= 11 is 0. The quantitative estimate of drug-likeness (QED) is 0.825. The van der Waals surface area contributed by atoms with Gasteiger partial charge < -0.3 is 5.73 Å². The van der Waals surface area contributed by atoms with Gasteiger partial charge in [-0.25, -0.2) is 8.78 Å². The van der Waals surface area contributed by atoms with Crippen molar-refractivity contribution in [3.8, 4) is 11.1 Å². The highest BCUT2D eigenvalue weighted by molar-refractivity contribution is 5.64. The summed E-state index contributed by atoms with van der Waals surface area (Å²) in [5.74, 6) is -0.874. The maximum atomic E-state index is 13.4. The topological polar surface area (TPSA) is 26.0 Å². The molecule has 0 radical (unpaired) electrons. The van der Waals surface area contributed by atoms with Crippen molar-refractivity contribution in [1.82, 2.24) is 0 Å². The van der Waals surface area contributed by atoms with Gasteiger partial charge in [0, 0.05) is 12.1 Å². The Morgan fingerprint density at radius 1 is 0.938 bits per heavy atom. The van der Waals surface area contributed by atoms with Gasteiger partial charge in [0.05, 0.1) is 0 Å². The van der Waals surface area contributed by atoms with Gasteiger partial charge in [-0.2, -0.15) is 0 Å². The Kier molecular flexibility index (Phi) is 2.97. The van der Waals surface area contributed by atoms with E-state index < -0.39 is 11.6 Å². The number of benzene rings is 2. The lowest BCUT2D eigenvalue weighted by Gasteiger charge is -2.04. The van der Waals surface area contributed by atoms with Gasteiger partial charge in [-0.3, -0.25) is 0 Å². The van der Waals surface area contributed by atoms with Gasteiger partial charge in [-0.15, -0.1) is 0 Å². The fourth-order valence-electron chi connectivity index (χ4n) is 1.54. The second kappa shape index (κ2) is 4.41. The smallest absolute Gasteiger partial charge is 0.131 e. The van der Waals surface area contributed by atoms with Crippen molar-refractivity contribution in [2.24, 2.45) is 5.73 Å². The van der Waals surface area contributed by atoms with Gasteiger partial charge >= 0.3 is 0 Å². The average Bonchev–Trinajstić information content (AvgIpc) is 2.32. The van der Waals surface area contributed by atoms with Crippen molar-refractivity contribution in [2.75, 3.05) is 0 Å². The molecule has 82 valence electrons. The first-order valence-corrected chi connectivity index (χ1v) is 4.95. The van der Waals surface area contributed by atoms with E-state index in [-0.39, 0.29) is 5.56 Å². The summed E-state index contributed by atoms with van der Waals surface area (Å²) < 4.78 is 26.4. The van der Waals surface area contributed by atoms with E-state index in [4.69, 9.17) is 5.73 Å². The number of halogens is 2. The van der Waals surface area contributed by atoms with Crippen molar-refractivity contribution in [3.05, 3.63) is 59.7 Å². The zero-order chi connectivity index (χ0) is 11.5. The normalized spacial score (nSPS) is 10.4.